The largest absolute Gasteiger partial charge is 0.496 e. The number of nitrogens with zero attached hydrogens (tertiary/aromatic N) is 2. The van der Waals surface area contributed by atoms with Crippen molar-refractivity contribution < 1.29 is 29.0 Å². The Morgan fingerprint density at radius 3 is 2.67 bits per heavy atom. The van der Waals surface area contributed by atoms with Gasteiger partial charge in [0.05, 0.1) is 20.3 Å². The number of fused-ring (bicyclic) bond motifs is 2. The number of likely N-dealkylation sites (N-methyl/N-ethyl adjacent to an activating group) is 1. The minimum atomic E-state index is -1.22. The van der Waals surface area contributed by atoms with Gasteiger partial charge in [-0.15, -0.1) is 0 Å². The average molecular weight is 574 g/mol. The van der Waals surface area contributed by atoms with E-state index >= 15 is 0 Å². The summed E-state index contributed by atoms with van der Waals surface area (Å²) in [5, 5.41) is 14.0. The summed E-state index contributed by atoms with van der Waals surface area (Å²) in [6.45, 7) is 8.52. The maximum absolute atomic E-state index is 14.1. The van der Waals surface area contributed by atoms with Gasteiger partial charge in [0.15, 0.2) is 0 Å². The van der Waals surface area contributed by atoms with Crippen LogP contribution in [-0.4, -0.2) is 60.8 Å². The number of ether oxygens (including phenoxy) is 2. The molecular formula is C33H39N3O6. The van der Waals surface area contributed by atoms with E-state index in [-0.39, 0.29) is 12.5 Å². The lowest BCUT2D eigenvalue weighted by molar-refractivity contribution is -0.130. The molecule has 0 fully saturated rings. The number of anilines is 1. The lowest BCUT2D eigenvalue weighted by Crippen LogP contribution is -2.53. The van der Waals surface area contributed by atoms with Gasteiger partial charge in [0.2, 0.25) is 11.8 Å². The Labute approximate surface area is 246 Å². The number of carbonyl (C=O) groups is 3. The molecule has 0 unspecified atom stereocenters. The van der Waals surface area contributed by atoms with Gasteiger partial charge >= 0.3 is 6.09 Å². The molecular weight excluding hydrogens is 534 g/mol. The maximum atomic E-state index is 14.1. The first kappa shape index (κ1) is 30.4. The Balaban J connectivity index is 1.69. The molecule has 1 aliphatic heterocycles. The molecule has 0 aromatic heterocycles. The predicted octanol–water partition coefficient (Wildman–Crippen LogP) is 5.60. The van der Waals surface area contributed by atoms with Crippen LogP contribution in [0.4, 0.5) is 10.5 Å². The van der Waals surface area contributed by atoms with Crippen molar-refractivity contribution in [2.45, 2.75) is 58.2 Å². The first-order valence-electron chi connectivity index (χ1n) is 14.2. The van der Waals surface area contributed by atoms with Crippen LogP contribution in [0.3, 0.4) is 0 Å². The first-order valence-corrected chi connectivity index (χ1v) is 14.2. The molecule has 0 spiro atoms. The Morgan fingerprint density at radius 1 is 1.19 bits per heavy atom. The van der Waals surface area contributed by atoms with Crippen LogP contribution in [0.5, 0.6) is 5.75 Å². The standard InChI is InChI=1S/C33H39N3O6/c1-6-7-18-42-22(3)24-12-15-26-25(19-24)14-17-30(41-5)27(26)20-36-29-11-9-8-10-23(29)13-16-28(32(36)38)34-31(37)21(2)35(4)33(39)40/h8-12,14-15,17,19,21,28H,3,6-7,13,16,18,20H2,1-2,4-5H3,(H,34,37)(H,39,40)/t21-,28-/m0/s1. The van der Waals surface area contributed by atoms with Crippen molar-refractivity contribution >= 4 is 40.1 Å². The third-order valence-corrected chi connectivity index (χ3v) is 7.85. The molecule has 3 aromatic carbocycles. The normalized spacial score (nSPS) is 15.4. The van der Waals surface area contributed by atoms with Crippen LogP contribution in [0.2, 0.25) is 0 Å². The second-order valence-corrected chi connectivity index (χ2v) is 10.5. The topological polar surface area (TPSA) is 108 Å². The molecule has 2 atom stereocenters. The summed E-state index contributed by atoms with van der Waals surface area (Å²) in [4.78, 5) is 41.1. The number of rotatable bonds is 11. The van der Waals surface area contributed by atoms with E-state index in [2.05, 4.69) is 18.8 Å². The molecule has 0 bridgehead atoms. The van der Waals surface area contributed by atoms with Crippen molar-refractivity contribution in [2.75, 3.05) is 25.7 Å². The van der Waals surface area contributed by atoms with Crippen molar-refractivity contribution in [3.8, 4) is 5.75 Å². The van der Waals surface area contributed by atoms with Crippen LogP contribution in [0.25, 0.3) is 16.5 Å². The first-order chi connectivity index (χ1) is 20.2. The number of carbonyl (C=O) groups excluding carboxylic acids is 2. The van der Waals surface area contributed by atoms with Gasteiger partial charge in [-0.1, -0.05) is 56.3 Å². The lowest BCUT2D eigenvalue weighted by atomic mass is 9.99. The van der Waals surface area contributed by atoms with Gasteiger partial charge in [-0.05, 0) is 60.7 Å². The number of amides is 3. The van der Waals surface area contributed by atoms with Crippen molar-refractivity contribution in [2.24, 2.45) is 0 Å². The molecule has 2 N–H and O–H groups in total. The Hall–Kier alpha value is -4.53. The van der Waals surface area contributed by atoms with Crippen LogP contribution in [0, 0.1) is 0 Å². The van der Waals surface area contributed by atoms with Gasteiger partial charge in [-0.25, -0.2) is 4.79 Å². The Bertz CT molecular complexity index is 1490. The summed E-state index contributed by atoms with van der Waals surface area (Å²) in [5.41, 5.74) is 3.46. The van der Waals surface area contributed by atoms with Crippen molar-refractivity contribution in [3.63, 3.8) is 0 Å². The summed E-state index contributed by atoms with van der Waals surface area (Å²) in [6, 6.07) is 15.8. The molecule has 4 rings (SSSR count). The van der Waals surface area contributed by atoms with E-state index in [0.717, 1.165) is 50.9 Å². The third-order valence-electron chi connectivity index (χ3n) is 7.85. The molecule has 1 heterocycles. The minimum absolute atomic E-state index is 0.209. The second-order valence-electron chi connectivity index (χ2n) is 10.5. The number of benzene rings is 3. The molecule has 0 saturated heterocycles. The van der Waals surface area contributed by atoms with Gasteiger partial charge < -0.3 is 24.8 Å². The number of hydrogen-bond acceptors (Lipinski definition) is 5. The van der Waals surface area contributed by atoms with Crippen molar-refractivity contribution in [1.82, 2.24) is 10.2 Å². The number of carboxylic acid groups (broad SMARTS) is 1. The molecule has 9 nitrogen and oxygen atoms in total. The number of para-hydroxylation sites is 1. The molecule has 42 heavy (non-hydrogen) atoms. The summed E-state index contributed by atoms with van der Waals surface area (Å²) in [5.74, 6) is 0.452. The monoisotopic (exact) mass is 573 g/mol. The van der Waals surface area contributed by atoms with Gasteiger partial charge in [0.25, 0.3) is 0 Å². The van der Waals surface area contributed by atoms with Gasteiger partial charge in [0, 0.05) is 23.9 Å². The number of unbranched alkanes of at least 4 members (excludes halogenated alkanes) is 1. The van der Waals surface area contributed by atoms with E-state index in [0.29, 0.717) is 31.0 Å². The SMILES string of the molecule is C=C(OCCCC)c1ccc2c(CN3C(=O)[C@@H](NC(=O)[C@H](C)N(C)C(=O)O)CCc4ccccc43)c(OC)ccc2c1. The fourth-order valence-corrected chi connectivity index (χ4v) is 5.13. The lowest BCUT2D eigenvalue weighted by Gasteiger charge is -2.29. The Kier molecular flexibility index (Phi) is 9.72. The number of hydrogen-bond donors (Lipinski definition) is 2. The summed E-state index contributed by atoms with van der Waals surface area (Å²) < 4.78 is 11.6. The van der Waals surface area contributed by atoms with Gasteiger partial charge in [-0.3, -0.25) is 14.5 Å². The van der Waals surface area contributed by atoms with E-state index in [9.17, 15) is 19.5 Å². The molecule has 3 amide bonds. The molecule has 222 valence electrons. The summed E-state index contributed by atoms with van der Waals surface area (Å²) in [6.07, 6.45) is 1.73. The van der Waals surface area contributed by atoms with Crippen LogP contribution in [-0.2, 0) is 27.3 Å². The maximum Gasteiger partial charge on any atom is 0.407 e. The smallest absolute Gasteiger partial charge is 0.407 e. The van der Waals surface area contributed by atoms with E-state index < -0.39 is 24.1 Å². The van der Waals surface area contributed by atoms with E-state index in [1.807, 2.05) is 54.6 Å². The quantitative estimate of drug-likeness (QED) is 0.228. The number of aryl methyl sites for hydroxylation is 1. The highest BCUT2D eigenvalue weighted by atomic mass is 16.5. The number of methoxy groups -OCH3 is 1. The minimum Gasteiger partial charge on any atom is -0.496 e. The summed E-state index contributed by atoms with van der Waals surface area (Å²) >= 11 is 0. The van der Waals surface area contributed by atoms with Crippen molar-refractivity contribution in [1.29, 1.82) is 0 Å². The van der Waals surface area contributed by atoms with Crippen molar-refractivity contribution in [3.05, 3.63) is 77.9 Å². The second kappa shape index (κ2) is 13.4. The molecule has 0 aliphatic carbocycles. The Morgan fingerprint density at radius 2 is 1.95 bits per heavy atom. The fourth-order valence-electron chi connectivity index (χ4n) is 5.13. The van der Waals surface area contributed by atoms with E-state index in [4.69, 9.17) is 9.47 Å². The zero-order valence-corrected chi connectivity index (χ0v) is 24.7. The molecule has 9 heteroatoms. The summed E-state index contributed by atoms with van der Waals surface area (Å²) in [7, 11) is 2.93. The number of nitrogens with one attached hydrogen (secondary N) is 1. The average Bonchev–Trinajstić information content (AvgIpc) is 3.12. The molecule has 3 aromatic rings. The van der Waals surface area contributed by atoms with Crippen LogP contribution >= 0.6 is 0 Å². The van der Waals surface area contributed by atoms with E-state index in [1.54, 1.807) is 12.0 Å². The van der Waals surface area contributed by atoms with Crippen LogP contribution < -0.4 is 15.0 Å². The third kappa shape index (κ3) is 6.51. The fraction of sp³-hybridized carbons (Fsp3) is 0.364. The zero-order valence-electron chi connectivity index (χ0n) is 24.7. The highest BCUT2D eigenvalue weighted by Crippen LogP contribution is 2.35. The zero-order chi connectivity index (χ0) is 30.4. The van der Waals surface area contributed by atoms with Gasteiger partial charge in [-0.2, -0.15) is 0 Å². The van der Waals surface area contributed by atoms with Crippen LogP contribution in [0.1, 0.15) is 49.8 Å². The van der Waals surface area contributed by atoms with E-state index in [1.165, 1.54) is 14.0 Å². The molecule has 0 saturated carbocycles. The van der Waals surface area contributed by atoms with Crippen LogP contribution in [0.15, 0.2) is 61.2 Å². The molecule has 0 radical (unpaired) electrons. The highest BCUT2D eigenvalue weighted by Gasteiger charge is 2.34. The predicted molar refractivity (Wildman–Crippen MR) is 164 cm³/mol. The molecule has 1 aliphatic rings. The van der Waals surface area contributed by atoms with Gasteiger partial charge in [0.1, 0.15) is 23.6 Å². The highest BCUT2D eigenvalue weighted by molar-refractivity contribution is 6.02.